The van der Waals surface area contributed by atoms with Gasteiger partial charge in [0.1, 0.15) is 6.61 Å². The summed E-state index contributed by atoms with van der Waals surface area (Å²) in [6.45, 7) is 5.63. The lowest BCUT2D eigenvalue weighted by atomic mass is 10.1. The monoisotopic (exact) mass is 302 g/mol. The summed E-state index contributed by atoms with van der Waals surface area (Å²) in [5.41, 5.74) is 2.29. The second-order valence-electron chi connectivity index (χ2n) is 5.66. The molecule has 0 bridgehead atoms. The smallest absolute Gasteiger partial charge is 0.281 e. The second kappa shape index (κ2) is 8.57. The van der Waals surface area contributed by atoms with Gasteiger partial charge >= 0.3 is 0 Å². The number of unbranched alkanes of at least 4 members (excludes halogenated alkanes) is 4. The van der Waals surface area contributed by atoms with Crippen molar-refractivity contribution in [1.82, 2.24) is 0 Å². The molecule has 1 amide bonds. The number of hydrogen-bond donors (Lipinski definition) is 0. The molecule has 120 valence electrons. The Balaban J connectivity index is 2.07. The zero-order chi connectivity index (χ0) is 15.8. The number of carbonyl (C=O) groups excluding carboxylic acids is 1. The van der Waals surface area contributed by atoms with Crippen LogP contribution >= 0.6 is 0 Å². The van der Waals surface area contributed by atoms with E-state index >= 15 is 0 Å². The number of nitrogens with zero attached hydrogens (tertiary/aromatic N) is 2. The molecule has 4 heteroatoms. The van der Waals surface area contributed by atoms with E-state index in [1.807, 2.05) is 29.2 Å². The molecule has 22 heavy (non-hydrogen) atoms. The van der Waals surface area contributed by atoms with Crippen LogP contribution in [0.4, 0.5) is 5.69 Å². The lowest BCUT2D eigenvalue weighted by molar-refractivity contribution is -0.112. The van der Waals surface area contributed by atoms with Gasteiger partial charge in [-0.3, -0.25) is 4.79 Å². The molecule has 0 N–H and O–H groups in total. The molecule has 1 heterocycles. The van der Waals surface area contributed by atoms with Gasteiger partial charge in [-0.15, -0.1) is 0 Å². The van der Waals surface area contributed by atoms with E-state index in [0.717, 1.165) is 56.3 Å². The molecule has 0 radical (unpaired) electrons. The molecule has 0 atom stereocenters. The Hall–Kier alpha value is -1.84. The second-order valence-corrected chi connectivity index (χ2v) is 5.66. The first-order valence-corrected chi connectivity index (χ1v) is 8.40. The van der Waals surface area contributed by atoms with E-state index in [1.54, 1.807) is 0 Å². The molecule has 0 saturated heterocycles. The van der Waals surface area contributed by atoms with Gasteiger partial charge in [0, 0.05) is 12.1 Å². The van der Waals surface area contributed by atoms with Gasteiger partial charge < -0.3 is 9.74 Å². The number of amides is 1. The summed E-state index contributed by atoms with van der Waals surface area (Å²) < 4.78 is 0. The highest BCUT2D eigenvalue weighted by molar-refractivity contribution is 6.54. The molecule has 0 saturated carbocycles. The predicted octanol–water partition coefficient (Wildman–Crippen LogP) is 4.13. The van der Waals surface area contributed by atoms with Crippen LogP contribution in [-0.4, -0.2) is 24.8 Å². The summed E-state index contributed by atoms with van der Waals surface area (Å²) in [4.78, 5) is 19.8. The van der Waals surface area contributed by atoms with Crippen molar-refractivity contribution in [2.24, 2.45) is 5.16 Å². The predicted molar refractivity (Wildman–Crippen MR) is 90.3 cm³/mol. The Morgan fingerprint density at radius 2 is 1.77 bits per heavy atom. The van der Waals surface area contributed by atoms with Crippen molar-refractivity contribution in [1.29, 1.82) is 0 Å². The van der Waals surface area contributed by atoms with E-state index in [1.165, 1.54) is 0 Å². The summed E-state index contributed by atoms with van der Waals surface area (Å²) in [6, 6.07) is 7.83. The van der Waals surface area contributed by atoms with Crippen LogP contribution in [0.1, 0.15) is 57.9 Å². The van der Waals surface area contributed by atoms with Gasteiger partial charge in [0.15, 0.2) is 5.71 Å². The zero-order valence-electron chi connectivity index (χ0n) is 13.7. The normalized spacial score (nSPS) is 15.5. The molecule has 0 aliphatic carbocycles. The van der Waals surface area contributed by atoms with Crippen LogP contribution in [0.2, 0.25) is 0 Å². The molecule has 4 nitrogen and oxygen atoms in total. The topological polar surface area (TPSA) is 41.9 Å². The molecule has 1 aromatic rings. The quantitative estimate of drug-likeness (QED) is 0.508. The van der Waals surface area contributed by atoms with Crippen molar-refractivity contribution in [3.05, 3.63) is 29.8 Å². The number of anilines is 1. The number of carbonyl (C=O) groups is 1. The molecule has 1 aromatic carbocycles. The lowest BCUT2D eigenvalue weighted by Gasteiger charge is -2.16. The van der Waals surface area contributed by atoms with E-state index in [-0.39, 0.29) is 5.91 Å². The van der Waals surface area contributed by atoms with E-state index in [9.17, 15) is 4.79 Å². The minimum Gasteiger partial charge on any atom is -0.395 e. The van der Waals surface area contributed by atoms with E-state index in [0.29, 0.717) is 12.3 Å². The van der Waals surface area contributed by atoms with E-state index in [4.69, 9.17) is 4.84 Å². The molecule has 1 aliphatic rings. The van der Waals surface area contributed by atoms with Gasteiger partial charge in [0.25, 0.3) is 5.91 Å². The summed E-state index contributed by atoms with van der Waals surface area (Å²) in [5.74, 6) is -0.0344. The average molecular weight is 302 g/mol. The van der Waals surface area contributed by atoms with Crippen molar-refractivity contribution in [2.45, 2.75) is 52.4 Å². The van der Waals surface area contributed by atoms with Crippen LogP contribution in [0, 0.1) is 0 Å². The first-order chi connectivity index (χ1) is 10.8. The zero-order valence-corrected chi connectivity index (χ0v) is 13.7. The molecular weight excluding hydrogens is 276 g/mol. The van der Waals surface area contributed by atoms with Crippen LogP contribution in [0.3, 0.4) is 0 Å². The summed E-state index contributed by atoms with van der Waals surface area (Å²) in [7, 11) is 0. The number of rotatable bonds is 9. The van der Waals surface area contributed by atoms with Gasteiger partial charge in [0.2, 0.25) is 0 Å². The third kappa shape index (κ3) is 3.87. The maximum atomic E-state index is 12.6. The van der Waals surface area contributed by atoms with Crippen LogP contribution in [0.25, 0.3) is 0 Å². The minimum atomic E-state index is -0.0344. The fraction of sp³-hybridized carbons (Fsp3) is 0.556. The Labute approximate surface area is 133 Å². The molecule has 1 aliphatic heterocycles. The van der Waals surface area contributed by atoms with E-state index < -0.39 is 0 Å². The lowest BCUT2D eigenvalue weighted by Crippen LogP contribution is -2.31. The first kappa shape index (κ1) is 16.5. The number of fused-ring (bicyclic) bond motifs is 1. The van der Waals surface area contributed by atoms with Crippen molar-refractivity contribution < 1.29 is 9.63 Å². The van der Waals surface area contributed by atoms with Gasteiger partial charge in [-0.1, -0.05) is 62.9 Å². The fourth-order valence-electron chi connectivity index (χ4n) is 2.62. The molecule has 0 fully saturated rings. The van der Waals surface area contributed by atoms with Crippen molar-refractivity contribution >= 4 is 17.3 Å². The van der Waals surface area contributed by atoms with Gasteiger partial charge in [-0.05, 0) is 18.9 Å². The number of oxime groups is 1. The Morgan fingerprint density at radius 1 is 1.05 bits per heavy atom. The summed E-state index contributed by atoms with van der Waals surface area (Å²) in [5, 5.41) is 4.12. The SMILES string of the molecule is CCCCCO/N=C1/C(=O)N(CCCCC)c2ccccc21. The van der Waals surface area contributed by atoms with Crippen molar-refractivity contribution in [3.63, 3.8) is 0 Å². The van der Waals surface area contributed by atoms with Crippen LogP contribution < -0.4 is 4.90 Å². The molecule has 0 spiro atoms. The maximum absolute atomic E-state index is 12.6. The Kier molecular flexibility index (Phi) is 6.44. The van der Waals surface area contributed by atoms with Crippen LogP contribution in [-0.2, 0) is 9.63 Å². The highest BCUT2D eigenvalue weighted by Gasteiger charge is 2.33. The van der Waals surface area contributed by atoms with Crippen molar-refractivity contribution in [2.75, 3.05) is 18.1 Å². The first-order valence-electron chi connectivity index (χ1n) is 8.40. The van der Waals surface area contributed by atoms with Crippen molar-refractivity contribution in [3.8, 4) is 0 Å². The summed E-state index contributed by atoms with van der Waals surface area (Å²) in [6.07, 6.45) is 6.53. The van der Waals surface area contributed by atoms with E-state index in [2.05, 4.69) is 19.0 Å². The number of para-hydroxylation sites is 1. The third-order valence-electron chi connectivity index (χ3n) is 3.88. The van der Waals surface area contributed by atoms with Gasteiger partial charge in [-0.25, -0.2) is 0 Å². The molecule has 0 aromatic heterocycles. The molecule has 2 rings (SSSR count). The van der Waals surface area contributed by atoms with Gasteiger partial charge in [-0.2, -0.15) is 0 Å². The molecule has 0 unspecified atom stereocenters. The fourth-order valence-corrected chi connectivity index (χ4v) is 2.62. The minimum absolute atomic E-state index is 0.0344. The number of benzene rings is 1. The highest BCUT2D eigenvalue weighted by Crippen LogP contribution is 2.29. The number of hydrogen-bond acceptors (Lipinski definition) is 3. The third-order valence-corrected chi connectivity index (χ3v) is 3.88. The summed E-state index contributed by atoms with van der Waals surface area (Å²) >= 11 is 0. The Bertz CT molecular complexity index is 526. The standard InChI is InChI=1S/C18H26N2O2/c1-3-5-9-13-20-16-12-8-7-11-15(16)17(18(20)21)19-22-14-10-6-4-2/h7-8,11-12H,3-6,9-10,13-14H2,1-2H3/b19-17+. The average Bonchev–Trinajstić information content (AvgIpc) is 2.80. The maximum Gasteiger partial charge on any atom is 0.281 e. The highest BCUT2D eigenvalue weighted by atomic mass is 16.6. The van der Waals surface area contributed by atoms with Crippen LogP contribution in [0.15, 0.2) is 29.4 Å². The van der Waals surface area contributed by atoms with Crippen LogP contribution in [0.5, 0.6) is 0 Å². The molecular formula is C18H26N2O2. The largest absolute Gasteiger partial charge is 0.395 e. The van der Waals surface area contributed by atoms with Gasteiger partial charge in [0.05, 0.1) is 5.69 Å². The Morgan fingerprint density at radius 3 is 2.55 bits per heavy atom.